The second-order valence-electron chi connectivity index (χ2n) is 8.15. The summed E-state index contributed by atoms with van der Waals surface area (Å²) >= 11 is 0. The molecule has 0 radical (unpaired) electrons. The molecule has 2 aliphatic rings. The van der Waals surface area contributed by atoms with E-state index in [9.17, 15) is 27.6 Å². The zero-order valence-corrected chi connectivity index (χ0v) is 18.1. The van der Waals surface area contributed by atoms with Gasteiger partial charge >= 0.3 is 11.8 Å². The number of halogens is 3. The lowest BCUT2D eigenvalue weighted by molar-refractivity contribution is -0.148. The van der Waals surface area contributed by atoms with Crippen LogP contribution in [-0.2, 0) is 20.8 Å². The maximum atomic E-state index is 13.5. The molecular formula is C22H25F3N4O3. The number of nitrogens with one attached hydrogen (secondary N) is 1. The number of benzene rings is 1. The Labute approximate surface area is 183 Å². The number of azo groups is 1. The quantitative estimate of drug-likeness (QED) is 0.533. The number of rotatable bonds is 6. The second-order valence-corrected chi connectivity index (χ2v) is 8.15. The van der Waals surface area contributed by atoms with Crippen LogP contribution in [0.4, 0.5) is 13.2 Å². The monoisotopic (exact) mass is 450 g/mol. The van der Waals surface area contributed by atoms with Crippen LogP contribution in [0.1, 0.15) is 39.2 Å². The summed E-state index contributed by atoms with van der Waals surface area (Å²) in [5.74, 6) is -6.83. The summed E-state index contributed by atoms with van der Waals surface area (Å²) in [7, 11) is 0. The van der Waals surface area contributed by atoms with Gasteiger partial charge in [0.05, 0.1) is 18.3 Å². The van der Waals surface area contributed by atoms with Gasteiger partial charge in [-0.25, -0.2) is 13.2 Å². The molecular weight excluding hydrogens is 425 g/mol. The Hall–Kier alpha value is -3.04. The van der Waals surface area contributed by atoms with E-state index in [4.69, 9.17) is 0 Å². The number of amides is 2. The van der Waals surface area contributed by atoms with Crippen molar-refractivity contribution in [3.05, 3.63) is 46.9 Å². The topological polar surface area (TPSA) is 91.2 Å². The van der Waals surface area contributed by atoms with E-state index in [1.54, 1.807) is 19.9 Å². The lowest BCUT2D eigenvalue weighted by Gasteiger charge is -2.27. The van der Waals surface area contributed by atoms with Gasteiger partial charge in [0.2, 0.25) is 0 Å². The van der Waals surface area contributed by atoms with E-state index in [0.29, 0.717) is 25.1 Å². The number of nitrogens with zero attached hydrogens (tertiary/aromatic N) is 3. The van der Waals surface area contributed by atoms with Crippen LogP contribution in [0, 0.1) is 23.4 Å². The van der Waals surface area contributed by atoms with E-state index < -0.39 is 47.3 Å². The van der Waals surface area contributed by atoms with Gasteiger partial charge in [-0.2, -0.15) is 10.2 Å². The van der Waals surface area contributed by atoms with Crippen molar-refractivity contribution < 1.29 is 27.6 Å². The average molecular weight is 450 g/mol. The van der Waals surface area contributed by atoms with Gasteiger partial charge in [-0.15, -0.1) is 0 Å². The summed E-state index contributed by atoms with van der Waals surface area (Å²) in [5.41, 5.74) is 0.613. The SMILES string of the molecule is CCC(NC(=O)C(=O)N1[C@@H](C)C[C@H](C(=O)Cc2cc(F)c(F)c(F)c2)[C@@H]1C)C1=CCN=N1. The van der Waals surface area contributed by atoms with Crippen molar-refractivity contribution in [3.63, 3.8) is 0 Å². The Morgan fingerprint density at radius 2 is 1.84 bits per heavy atom. The smallest absolute Gasteiger partial charge is 0.312 e. The largest absolute Gasteiger partial charge is 0.339 e. The van der Waals surface area contributed by atoms with Crippen molar-refractivity contribution in [2.24, 2.45) is 16.1 Å². The van der Waals surface area contributed by atoms with E-state index in [1.165, 1.54) is 4.90 Å². The predicted octanol–water partition coefficient (Wildman–Crippen LogP) is 3.09. The van der Waals surface area contributed by atoms with Crippen LogP contribution in [0.25, 0.3) is 0 Å². The summed E-state index contributed by atoms with van der Waals surface area (Å²) in [6, 6.07) is 0.165. The van der Waals surface area contributed by atoms with Crippen molar-refractivity contribution in [1.82, 2.24) is 10.2 Å². The fraction of sp³-hybridized carbons (Fsp3) is 0.500. The van der Waals surface area contributed by atoms with E-state index in [2.05, 4.69) is 15.5 Å². The first kappa shape index (κ1) is 23.6. The Morgan fingerprint density at radius 1 is 1.19 bits per heavy atom. The molecule has 1 saturated heterocycles. The lowest BCUT2D eigenvalue weighted by atomic mass is 9.91. The van der Waals surface area contributed by atoms with Crippen molar-refractivity contribution in [3.8, 4) is 0 Å². The van der Waals surface area contributed by atoms with Crippen LogP contribution in [0.2, 0.25) is 0 Å². The number of ketones is 1. The van der Waals surface area contributed by atoms with E-state index in [-0.39, 0.29) is 23.8 Å². The van der Waals surface area contributed by atoms with Crippen LogP contribution in [-0.4, -0.2) is 47.2 Å². The average Bonchev–Trinajstić information content (AvgIpc) is 3.37. The Kier molecular flexibility index (Phi) is 7.10. The first-order valence-corrected chi connectivity index (χ1v) is 10.5. The molecule has 1 fully saturated rings. The van der Waals surface area contributed by atoms with Gasteiger partial charge in [-0.3, -0.25) is 14.4 Å². The molecule has 2 amide bonds. The highest BCUT2D eigenvalue weighted by Gasteiger charge is 2.44. The number of likely N-dealkylation sites (tertiary alicyclic amines) is 1. The summed E-state index contributed by atoms with van der Waals surface area (Å²) in [6.45, 7) is 5.67. The highest BCUT2D eigenvalue weighted by Crippen LogP contribution is 2.31. The van der Waals surface area contributed by atoms with Gasteiger partial charge < -0.3 is 10.2 Å². The molecule has 10 heteroatoms. The van der Waals surface area contributed by atoms with Crippen LogP contribution >= 0.6 is 0 Å². The number of carbonyl (C=O) groups excluding carboxylic acids is 3. The fourth-order valence-electron chi connectivity index (χ4n) is 4.33. The van der Waals surface area contributed by atoms with E-state index >= 15 is 0 Å². The van der Waals surface area contributed by atoms with Crippen LogP contribution in [0.5, 0.6) is 0 Å². The summed E-state index contributed by atoms with van der Waals surface area (Å²) in [4.78, 5) is 39.7. The molecule has 1 unspecified atom stereocenters. The number of hydrogen-bond acceptors (Lipinski definition) is 5. The molecule has 1 N–H and O–H groups in total. The van der Waals surface area contributed by atoms with Crippen molar-refractivity contribution >= 4 is 17.6 Å². The highest BCUT2D eigenvalue weighted by atomic mass is 19.2. The summed E-state index contributed by atoms with van der Waals surface area (Å²) in [5, 5.41) is 10.5. The van der Waals surface area contributed by atoms with Gasteiger partial charge in [-0.1, -0.05) is 6.92 Å². The normalized spacial score (nSPS) is 23.2. The van der Waals surface area contributed by atoms with Gasteiger partial charge in [0.1, 0.15) is 5.78 Å². The molecule has 0 aromatic heterocycles. The van der Waals surface area contributed by atoms with Gasteiger partial charge in [0, 0.05) is 24.4 Å². The van der Waals surface area contributed by atoms with Crippen LogP contribution in [0.3, 0.4) is 0 Å². The molecule has 2 aliphatic heterocycles. The molecule has 0 bridgehead atoms. The molecule has 32 heavy (non-hydrogen) atoms. The molecule has 4 atom stereocenters. The Bertz CT molecular complexity index is 972. The van der Waals surface area contributed by atoms with Crippen LogP contribution in [0.15, 0.2) is 34.1 Å². The minimum atomic E-state index is -1.59. The van der Waals surface area contributed by atoms with Gasteiger partial charge in [0.15, 0.2) is 17.5 Å². The van der Waals surface area contributed by atoms with Gasteiger partial charge in [-0.05, 0) is 50.5 Å². The third-order valence-corrected chi connectivity index (χ3v) is 5.99. The third kappa shape index (κ3) is 4.73. The van der Waals surface area contributed by atoms with Crippen molar-refractivity contribution in [1.29, 1.82) is 0 Å². The predicted molar refractivity (Wildman–Crippen MR) is 109 cm³/mol. The fourth-order valence-corrected chi connectivity index (χ4v) is 4.33. The van der Waals surface area contributed by atoms with E-state index in [0.717, 1.165) is 12.1 Å². The minimum absolute atomic E-state index is 0.0126. The second kappa shape index (κ2) is 9.62. The summed E-state index contributed by atoms with van der Waals surface area (Å²) in [6.07, 6.45) is 2.31. The Balaban J connectivity index is 1.67. The lowest BCUT2D eigenvalue weighted by Crippen LogP contribution is -2.50. The first-order valence-electron chi connectivity index (χ1n) is 10.5. The standard InChI is InChI=1S/C22H25F3N4O3/c1-4-17(18-5-6-26-28-18)27-21(31)22(32)29-11(2)7-14(12(29)3)19(30)10-13-8-15(23)20(25)16(24)9-13/h5,8-9,11-12,14,17H,4,6-7,10H2,1-3H3,(H,27,31)/t11-,12-,14-,17?/m0/s1. The molecule has 172 valence electrons. The molecule has 0 saturated carbocycles. The molecule has 2 heterocycles. The molecule has 1 aromatic carbocycles. The zero-order valence-electron chi connectivity index (χ0n) is 18.1. The molecule has 0 spiro atoms. The van der Waals surface area contributed by atoms with Gasteiger partial charge in [0.25, 0.3) is 0 Å². The number of carbonyl (C=O) groups is 3. The maximum absolute atomic E-state index is 13.5. The first-order chi connectivity index (χ1) is 15.1. The minimum Gasteiger partial charge on any atom is -0.339 e. The summed E-state index contributed by atoms with van der Waals surface area (Å²) < 4.78 is 40.1. The highest BCUT2D eigenvalue weighted by molar-refractivity contribution is 6.35. The third-order valence-electron chi connectivity index (χ3n) is 5.99. The molecule has 3 rings (SSSR count). The van der Waals surface area contributed by atoms with Crippen molar-refractivity contribution in [2.45, 2.75) is 58.2 Å². The maximum Gasteiger partial charge on any atom is 0.312 e. The molecule has 1 aromatic rings. The Morgan fingerprint density at radius 3 is 2.41 bits per heavy atom. The van der Waals surface area contributed by atoms with E-state index in [1.807, 2.05) is 6.92 Å². The van der Waals surface area contributed by atoms with Crippen molar-refractivity contribution in [2.75, 3.05) is 6.54 Å². The number of Topliss-reactive ketones (excluding diaryl/α,β-unsaturated/α-hetero) is 1. The van der Waals surface area contributed by atoms with Crippen LogP contribution < -0.4 is 5.32 Å². The molecule has 0 aliphatic carbocycles. The molecule has 7 nitrogen and oxygen atoms in total. The number of hydrogen-bond donors (Lipinski definition) is 1. The zero-order chi connectivity index (χ0) is 23.6.